The van der Waals surface area contributed by atoms with Crippen LogP contribution >= 0.6 is 0 Å². The quantitative estimate of drug-likeness (QED) is 0.517. The van der Waals surface area contributed by atoms with Crippen molar-refractivity contribution in [3.8, 4) is 5.75 Å². The number of carbonyl (C=O) groups excluding carboxylic acids is 2. The van der Waals surface area contributed by atoms with Gasteiger partial charge in [-0.15, -0.1) is 0 Å². The summed E-state index contributed by atoms with van der Waals surface area (Å²) in [5, 5.41) is 10.7. The number of benzene rings is 1. The number of ether oxygens (including phenoxy) is 1. The molecule has 0 bridgehead atoms. The maximum atomic E-state index is 11.4. The smallest absolute Gasteiger partial charge is 0.341 e. The SMILES string of the molecule is O=CNCC(=O)c1ccc(OCC(=O)O)cc1. The highest BCUT2D eigenvalue weighted by Crippen LogP contribution is 2.12. The Labute approximate surface area is 97.2 Å². The highest BCUT2D eigenvalue weighted by atomic mass is 16.5. The molecule has 0 unspecified atom stereocenters. The summed E-state index contributed by atoms with van der Waals surface area (Å²) in [7, 11) is 0. The van der Waals surface area contributed by atoms with Crippen LogP contribution in [-0.4, -0.2) is 36.4 Å². The lowest BCUT2D eigenvalue weighted by molar-refractivity contribution is -0.139. The van der Waals surface area contributed by atoms with Crippen LogP contribution in [0.2, 0.25) is 0 Å². The predicted molar refractivity (Wildman–Crippen MR) is 58.0 cm³/mol. The van der Waals surface area contributed by atoms with Crippen LogP contribution in [0.1, 0.15) is 10.4 Å². The first-order valence-corrected chi connectivity index (χ1v) is 4.78. The van der Waals surface area contributed by atoms with Gasteiger partial charge in [0.2, 0.25) is 6.41 Å². The maximum absolute atomic E-state index is 11.4. The van der Waals surface area contributed by atoms with Gasteiger partial charge in [0.05, 0.1) is 6.54 Å². The molecule has 17 heavy (non-hydrogen) atoms. The van der Waals surface area contributed by atoms with E-state index in [9.17, 15) is 14.4 Å². The van der Waals surface area contributed by atoms with E-state index in [2.05, 4.69) is 5.32 Å². The molecule has 0 heterocycles. The van der Waals surface area contributed by atoms with Gasteiger partial charge in [-0.25, -0.2) is 4.79 Å². The molecule has 0 aromatic heterocycles. The third kappa shape index (κ3) is 4.33. The van der Waals surface area contributed by atoms with E-state index < -0.39 is 12.6 Å². The van der Waals surface area contributed by atoms with E-state index in [0.717, 1.165) is 0 Å². The predicted octanol–water partition coefficient (Wildman–Crippen LogP) is 0.0787. The maximum Gasteiger partial charge on any atom is 0.341 e. The standard InChI is InChI=1S/C11H11NO5/c13-7-12-5-10(14)8-1-3-9(4-2-8)17-6-11(15)16/h1-4,7H,5-6H2,(H,12,13)(H,15,16). The van der Waals surface area contributed by atoms with Gasteiger partial charge in [-0.3, -0.25) is 9.59 Å². The number of nitrogens with one attached hydrogen (secondary N) is 1. The summed E-state index contributed by atoms with van der Waals surface area (Å²) in [6.07, 6.45) is 0.447. The van der Waals surface area contributed by atoms with Gasteiger partial charge >= 0.3 is 5.97 Å². The number of carbonyl (C=O) groups is 3. The molecule has 0 atom stereocenters. The molecule has 6 nitrogen and oxygen atoms in total. The molecule has 2 N–H and O–H groups in total. The molecule has 6 heteroatoms. The van der Waals surface area contributed by atoms with Crippen LogP contribution in [0.25, 0.3) is 0 Å². The fourth-order valence-electron chi connectivity index (χ4n) is 1.12. The second-order valence-electron chi connectivity index (χ2n) is 3.13. The number of hydrogen-bond acceptors (Lipinski definition) is 4. The van der Waals surface area contributed by atoms with Gasteiger partial charge in [0.15, 0.2) is 12.4 Å². The van der Waals surface area contributed by atoms with Crippen LogP contribution < -0.4 is 10.1 Å². The number of carboxylic acids is 1. The molecule has 1 aromatic carbocycles. The minimum absolute atomic E-state index is 0.0706. The highest BCUT2D eigenvalue weighted by molar-refractivity contribution is 5.98. The molecule has 0 fully saturated rings. The normalized spacial score (nSPS) is 9.41. The molecular formula is C11H11NO5. The molecule has 0 saturated heterocycles. The first-order chi connectivity index (χ1) is 8.13. The highest BCUT2D eigenvalue weighted by Gasteiger charge is 2.05. The van der Waals surface area contributed by atoms with Gasteiger partial charge in [-0.2, -0.15) is 0 Å². The van der Waals surface area contributed by atoms with Crippen LogP contribution in [0.4, 0.5) is 0 Å². The van der Waals surface area contributed by atoms with E-state index in [1.807, 2.05) is 0 Å². The lowest BCUT2D eigenvalue weighted by Crippen LogP contribution is -2.21. The topological polar surface area (TPSA) is 92.7 Å². The van der Waals surface area contributed by atoms with Crippen molar-refractivity contribution in [3.63, 3.8) is 0 Å². The minimum atomic E-state index is -1.07. The van der Waals surface area contributed by atoms with Crippen molar-refractivity contribution in [2.24, 2.45) is 0 Å². The number of amides is 1. The minimum Gasteiger partial charge on any atom is -0.482 e. The summed E-state index contributed by atoms with van der Waals surface area (Å²) in [6.45, 7) is -0.501. The third-order valence-electron chi connectivity index (χ3n) is 1.88. The Morgan fingerprint density at radius 3 is 2.47 bits per heavy atom. The molecule has 1 aromatic rings. The molecule has 0 aliphatic heterocycles. The Morgan fingerprint density at radius 1 is 1.29 bits per heavy atom. The van der Waals surface area contributed by atoms with Crippen LogP contribution in [0.15, 0.2) is 24.3 Å². The summed E-state index contributed by atoms with van der Waals surface area (Å²) < 4.78 is 4.90. The lowest BCUT2D eigenvalue weighted by Gasteiger charge is -2.04. The number of aliphatic carboxylic acids is 1. The number of Topliss-reactive ketones (excluding diaryl/α,β-unsaturated/α-hetero) is 1. The summed E-state index contributed by atoms with van der Waals surface area (Å²) in [5.41, 5.74) is 0.419. The van der Waals surface area contributed by atoms with Crippen molar-refractivity contribution in [1.29, 1.82) is 0 Å². The Balaban J connectivity index is 2.57. The van der Waals surface area contributed by atoms with Crippen molar-refractivity contribution in [2.45, 2.75) is 0 Å². The Kier molecular flexibility index (Phi) is 4.68. The Hall–Kier alpha value is -2.37. The molecule has 0 aliphatic carbocycles. The Bertz CT molecular complexity index is 412. The van der Waals surface area contributed by atoms with Crippen LogP contribution in [0, 0.1) is 0 Å². The van der Waals surface area contributed by atoms with Crippen molar-refractivity contribution in [2.75, 3.05) is 13.2 Å². The molecule has 0 radical (unpaired) electrons. The molecule has 0 spiro atoms. The molecule has 0 saturated carbocycles. The summed E-state index contributed by atoms with van der Waals surface area (Å²) in [4.78, 5) is 31.7. The van der Waals surface area contributed by atoms with E-state index in [4.69, 9.17) is 9.84 Å². The summed E-state index contributed by atoms with van der Waals surface area (Å²) in [6, 6.07) is 6.01. The number of hydrogen-bond donors (Lipinski definition) is 2. The van der Waals surface area contributed by atoms with E-state index in [1.165, 1.54) is 24.3 Å². The summed E-state index contributed by atoms with van der Waals surface area (Å²) in [5.74, 6) is -0.936. The number of ketones is 1. The van der Waals surface area contributed by atoms with E-state index in [-0.39, 0.29) is 12.3 Å². The van der Waals surface area contributed by atoms with Gasteiger partial charge in [0, 0.05) is 5.56 Å². The van der Waals surface area contributed by atoms with Gasteiger partial charge in [0.25, 0.3) is 0 Å². The molecule has 1 amide bonds. The first-order valence-electron chi connectivity index (χ1n) is 4.78. The fraction of sp³-hybridized carbons (Fsp3) is 0.182. The van der Waals surface area contributed by atoms with Crippen molar-refractivity contribution in [3.05, 3.63) is 29.8 Å². The number of carboxylic acid groups (broad SMARTS) is 1. The molecule has 1 rings (SSSR count). The fourth-order valence-corrected chi connectivity index (χ4v) is 1.12. The van der Waals surface area contributed by atoms with Crippen LogP contribution in [-0.2, 0) is 9.59 Å². The second-order valence-corrected chi connectivity index (χ2v) is 3.13. The number of rotatable bonds is 7. The van der Waals surface area contributed by atoms with E-state index in [1.54, 1.807) is 0 Å². The van der Waals surface area contributed by atoms with E-state index in [0.29, 0.717) is 17.7 Å². The van der Waals surface area contributed by atoms with Gasteiger partial charge < -0.3 is 15.2 Å². The monoisotopic (exact) mass is 237 g/mol. The Morgan fingerprint density at radius 2 is 1.94 bits per heavy atom. The zero-order valence-corrected chi connectivity index (χ0v) is 8.88. The average Bonchev–Trinajstić information content (AvgIpc) is 2.34. The van der Waals surface area contributed by atoms with E-state index >= 15 is 0 Å². The van der Waals surface area contributed by atoms with Crippen molar-refractivity contribution in [1.82, 2.24) is 5.32 Å². The second kappa shape index (κ2) is 6.26. The van der Waals surface area contributed by atoms with Gasteiger partial charge in [-0.05, 0) is 24.3 Å². The zero-order valence-electron chi connectivity index (χ0n) is 8.88. The van der Waals surface area contributed by atoms with Crippen LogP contribution in [0.5, 0.6) is 5.75 Å². The molecule has 90 valence electrons. The largest absolute Gasteiger partial charge is 0.482 e. The molecule has 0 aliphatic rings. The van der Waals surface area contributed by atoms with Crippen molar-refractivity contribution < 1.29 is 24.2 Å². The lowest BCUT2D eigenvalue weighted by atomic mass is 10.1. The van der Waals surface area contributed by atoms with Crippen LogP contribution in [0.3, 0.4) is 0 Å². The van der Waals surface area contributed by atoms with Crippen molar-refractivity contribution >= 4 is 18.2 Å². The zero-order chi connectivity index (χ0) is 12.7. The third-order valence-corrected chi connectivity index (χ3v) is 1.88. The van der Waals surface area contributed by atoms with Gasteiger partial charge in [-0.1, -0.05) is 0 Å². The van der Waals surface area contributed by atoms with Gasteiger partial charge in [0.1, 0.15) is 5.75 Å². The molecular weight excluding hydrogens is 226 g/mol. The average molecular weight is 237 g/mol. The summed E-state index contributed by atoms with van der Waals surface area (Å²) >= 11 is 0. The first kappa shape index (κ1) is 12.7.